The highest BCUT2D eigenvalue weighted by Gasteiger charge is 2.29. The Morgan fingerprint density at radius 1 is 1.16 bits per heavy atom. The normalized spacial score (nSPS) is 14.7. The van der Waals surface area contributed by atoms with Crippen molar-refractivity contribution >= 4 is 52.3 Å². The monoisotopic (exact) mass is 452 g/mol. The van der Waals surface area contributed by atoms with Crippen LogP contribution in [0.1, 0.15) is 22.2 Å². The lowest BCUT2D eigenvalue weighted by Crippen LogP contribution is -2.21. The number of hydrogen-bond donors (Lipinski definition) is 0. The van der Waals surface area contributed by atoms with Crippen LogP contribution in [0.4, 0.5) is 5.69 Å². The number of methoxy groups -OCH3 is 1. The average molecular weight is 453 g/mol. The van der Waals surface area contributed by atoms with Crippen molar-refractivity contribution in [1.82, 2.24) is 0 Å². The highest BCUT2D eigenvalue weighted by molar-refractivity contribution is 7.12. The largest absolute Gasteiger partial charge is 0.493 e. The van der Waals surface area contributed by atoms with E-state index in [1.807, 2.05) is 30.3 Å². The van der Waals surface area contributed by atoms with E-state index in [2.05, 4.69) is 5.10 Å². The number of amides is 1. The lowest BCUT2D eigenvalue weighted by atomic mass is 10.1. The number of anilines is 1. The maximum atomic E-state index is 12.9. The van der Waals surface area contributed by atoms with Crippen LogP contribution < -0.4 is 14.5 Å². The molecule has 0 atom stereocenters. The molecule has 0 aliphatic carbocycles. The Morgan fingerprint density at radius 3 is 2.61 bits per heavy atom. The number of para-hydroxylation sites is 1. The molecule has 0 spiro atoms. The average Bonchev–Trinajstić information content (AvgIpc) is 3.40. The first-order chi connectivity index (χ1) is 15.0. The molecule has 8 heteroatoms. The van der Waals surface area contributed by atoms with Gasteiger partial charge in [0.2, 0.25) is 0 Å². The van der Waals surface area contributed by atoms with Gasteiger partial charge in [-0.15, -0.1) is 11.3 Å². The molecule has 1 aliphatic heterocycles. The molecule has 0 saturated carbocycles. The van der Waals surface area contributed by atoms with Gasteiger partial charge in [-0.1, -0.05) is 35.9 Å². The molecule has 0 radical (unpaired) electrons. The maximum Gasteiger partial charge on any atom is 0.353 e. The molecule has 156 valence electrons. The minimum absolute atomic E-state index is 0.124. The van der Waals surface area contributed by atoms with Crippen LogP contribution in [0.25, 0.3) is 6.08 Å². The molecule has 2 aromatic carbocycles. The van der Waals surface area contributed by atoms with Crippen molar-refractivity contribution in [2.75, 3.05) is 12.1 Å². The van der Waals surface area contributed by atoms with E-state index in [0.29, 0.717) is 27.4 Å². The van der Waals surface area contributed by atoms with Crippen molar-refractivity contribution in [2.45, 2.75) is 6.92 Å². The van der Waals surface area contributed by atoms with E-state index < -0.39 is 5.97 Å². The summed E-state index contributed by atoms with van der Waals surface area (Å²) >= 11 is 7.66. The Labute approximate surface area is 188 Å². The van der Waals surface area contributed by atoms with Gasteiger partial charge in [0.15, 0.2) is 11.5 Å². The molecular formula is C23H17ClN2O4S. The maximum absolute atomic E-state index is 12.9. The van der Waals surface area contributed by atoms with Crippen LogP contribution in [0.5, 0.6) is 11.5 Å². The summed E-state index contributed by atoms with van der Waals surface area (Å²) in [6.07, 6.45) is 1.68. The van der Waals surface area contributed by atoms with Crippen molar-refractivity contribution in [1.29, 1.82) is 0 Å². The third-order valence-corrected chi connectivity index (χ3v) is 5.67. The molecule has 0 fully saturated rings. The second kappa shape index (κ2) is 8.75. The molecule has 4 rings (SSSR count). The van der Waals surface area contributed by atoms with Gasteiger partial charge >= 0.3 is 5.97 Å². The summed E-state index contributed by atoms with van der Waals surface area (Å²) < 4.78 is 10.8. The fraction of sp³-hybridized carbons (Fsp3) is 0.0870. The van der Waals surface area contributed by atoms with Gasteiger partial charge in [-0.25, -0.2) is 4.79 Å². The van der Waals surface area contributed by atoms with Crippen molar-refractivity contribution in [3.05, 3.63) is 81.0 Å². The first kappa shape index (κ1) is 20.8. The lowest BCUT2D eigenvalue weighted by molar-refractivity contribution is -0.114. The minimum atomic E-state index is -0.520. The standard InChI is InChI=1S/C23H17ClN2O4S/c1-14-17(22(27)26(25-14)16-7-4-3-5-8-16)11-15-12-18(24)21(19(13-15)29-2)30-23(28)20-9-6-10-31-20/h3-13H,1-2H3/b17-11+. The predicted octanol–water partition coefficient (Wildman–Crippen LogP) is 5.44. The van der Waals surface area contributed by atoms with Gasteiger partial charge in [0.05, 0.1) is 29.1 Å². The van der Waals surface area contributed by atoms with Gasteiger partial charge in [0.25, 0.3) is 5.91 Å². The molecule has 6 nitrogen and oxygen atoms in total. The van der Waals surface area contributed by atoms with E-state index in [9.17, 15) is 9.59 Å². The summed E-state index contributed by atoms with van der Waals surface area (Å²) in [7, 11) is 1.45. The highest BCUT2D eigenvalue weighted by Crippen LogP contribution is 2.38. The summed E-state index contributed by atoms with van der Waals surface area (Å²) in [5, 5.41) is 7.70. The van der Waals surface area contributed by atoms with E-state index in [1.54, 1.807) is 42.6 Å². The molecule has 1 amide bonds. The molecule has 0 saturated heterocycles. The van der Waals surface area contributed by atoms with Gasteiger partial charge in [-0.2, -0.15) is 10.1 Å². The second-order valence-electron chi connectivity index (χ2n) is 6.60. The summed E-state index contributed by atoms with van der Waals surface area (Å²) in [5.74, 6) is -0.358. The molecule has 0 bridgehead atoms. The first-order valence-electron chi connectivity index (χ1n) is 9.28. The number of hydrazone groups is 1. The van der Waals surface area contributed by atoms with E-state index in [4.69, 9.17) is 21.1 Å². The quantitative estimate of drug-likeness (QED) is 0.294. The number of carbonyl (C=O) groups is 2. The Kier molecular flexibility index (Phi) is 5.88. The number of rotatable bonds is 5. The third-order valence-electron chi connectivity index (χ3n) is 4.54. The first-order valence-corrected chi connectivity index (χ1v) is 10.5. The number of thiophene rings is 1. The Morgan fingerprint density at radius 2 is 1.94 bits per heavy atom. The number of hydrogen-bond acceptors (Lipinski definition) is 6. The summed E-state index contributed by atoms with van der Waals surface area (Å²) in [5.41, 5.74) is 2.31. The van der Waals surface area contributed by atoms with E-state index in [0.717, 1.165) is 0 Å². The van der Waals surface area contributed by atoms with Gasteiger partial charge in [0.1, 0.15) is 4.88 Å². The van der Waals surface area contributed by atoms with Gasteiger partial charge in [-0.05, 0) is 54.3 Å². The molecule has 1 aromatic heterocycles. The topological polar surface area (TPSA) is 68.2 Å². The summed E-state index contributed by atoms with van der Waals surface area (Å²) in [4.78, 5) is 25.7. The summed E-state index contributed by atoms with van der Waals surface area (Å²) in [6, 6.07) is 15.9. The lowest BCUT2D eigenvalue weighted by Gasteiger charge is -2.12. The van der Waals surface area contributed by atoms with Crippen molar-refractivity contribution in [3.8, 4) is 11.5 Å². The van der Waals surface area contributed by atoms with Crippen LogP contribution >= 0.6 is 22.9 Å². The van der Waals surface area contributed by atoms with Gasteiger partial charge in [0, 0.05) is 0 Å². The molecule has 0 unspecified atom stereocenters. The Hall–Kier alpha value is -3.42. The van der Waals surface area contributed by atoms with Crippen molar-refractivity contribution < 1.29 is 19.1 Å². The minimum Gasteiger partial charge on any atom is -0.493 e. The van der Waals surface area contributed by atoms with Gasteiger partial charge in [-0.3, -0.25) is 4.79 Å². The van der Waals surface area contributed by atoms with E-state index in [-0.39, 0.29) is 22.4 Å². The SMILES string of the molecule is COc1cc(/C=C2/C(=O)N(c3ccccc3)N=C2C)cc(Cl)c1OC(=O)c1cccs1. The van der Waals surface area contributed by atoms with Crippen LogP contribution in [0.15, 0.2) is 70.7 Å². The third kappa shape index (κ3) is 4.23. The number of carbonyl (C=O) groups excluding carboxylic acids is 2. The van der Waals surface area contributed by atoms with Crippen LogP contribution in [-0.2, 0) is 4.79 Å². The number of benzene rings is 2. The van der Waals surface area contributed by atoms with Crippen LogP contribution in [0, 0.1) is 0 Å². The fourth-order valence-corrected chi connectivity index (χ4v) is 3.91. The predicted molar refractivity (Wildman–Crippen MR) is 122 cm³/mol. The van der Waals surface area contributed by atoms with Crippen molar-refractivity contribution in [3.63, 3.8) is 0 Å². The molecule has 2 heterocycles. The summed E-state index contributed by atoms with van der Waals surface area (Å²) in [6.45, 7) is 1.77. The zero-order valence-corrected chi connectivity index (χ0v) is 18.2. The number of nitrogens with zero attached hydrogens (tertiary/aromatic N) is 2. The van der Waals surface area contributed by atoms with E-state index >= 15 is 0 Å². The second-order valence-corrected chi connectivity index (χ2v) is 7.95. The smallest absolute Gasteiger partial charge is 0.353 e. The van der Waals surface area contributed by atoms with Crippen LogP contribution in [-0.4, -0.2) is 24.7 Å². The van der Waals surface area contributed by atoms with Crippen LogP contribution in [0.3, 0.4) is 0 Å². The zero-order chi connectivity index (χ0) is 22.0. The molecule has 31 heavy (non-hydrogen) atoms. The number of esters is 1. The molecule has 1 aliphatic rings. The Balaban J connectivity index is 1.64. The number of ether oxygens (including phenoxy) is 2. The Bertz CT molecular complexity index is 1200. The molecule has 0 N–H and O–H groups in total. The van der Waals surface area contributed by atoms with Crippen LogP contribution in [0.2, 0.25) is 5.02 Å². The fourth-order valence-electron chi connectivity index (χ4n) is 3.06. The molecule has 3 aromatic rings. The van der Waals surface area contributed by atoms with E-state index in [1.165, 1.54) is 23.5 Å². The zero-order valence-electron chi connectivity index (χ0n) is 16.7. The highest BCUT2D eigenvalue weighted by atomic mass is 35.5. The number of halogens is 1. The van der Waals surface area contributed by atoms with Crippen molar-refractivity contribution in [2.24, 2.45) is 5.10 Å². The van der Waals surface area contributed by atoms with Gasteiger partial charge < -0.3 is 9.47 Å². The molecular weight excluding hydrogens is 436 g/mol.